The standard InChI is InChI=1S/C21H29N3O2/c1-16-7-9-18(10-8-16)15-24-12-11-22-21(26)19(24)13-20(25)23-14-17-5-3-2-4-6-17/h5,7-10,19H,2-4,6,11-15H2,1H3,(H,22,26)(H,23,25)/t19-/m0/s1. The minimum absolute atomic E-state index is 0.0459. The number of nitrogens with one attached hydrogen (secondary N) is 2. The van der Waals surface area contributed by atoms with Crippen molar-refractivity contribution in [3.05, 3.63) is 47.0 Å². The lowest BCUT2D eigenvalue weighted by Crippen LogP contribution is -2.56. The van der Waals surface area contributed by atoms with Crippen LogP contribution in [-0.4, -0.2) is 42.4 Å². The van der Waals surface area contributed by atoms with Gasteiger partial charge in [-0.05, 0) is 38.2 Å². The Kier molecular flexibility index (Phi) is 6.45. The van der Waals surface area contributed by atoms with E-state index < -0.39 is 6.04 Å². The average Bonchev–Trinajstić information content (AvgIpc) is 2.65. The molecule has 1 heterocycles. The van der Waals surface area contributed by atoms with Crippen molar-refractivity contribution in [1.82, 2.24) is 15.5 Å². The van der Waals surface area contributed by atoms with Crippen LogP contribution >= 0.6 is 0 Å². The molecule has 0 aromatic heterocycles. The summed E-state index contributed by atoms with van der Waals surface area (Å²) in [6.07, 6.45) is 7.08. The molecule has 0 radical (unpaired) electrons. The normalized spacial score (nSPS) is 21.0. The lowest BCUT2D eigenvalue weighted by atomic mass is 9.99. The van der Waals surface area contributed by atoms with Gasteiger partial charge in [0, 0.05) is 26.2 Å². The second-order valence-electron chi connectivity index (χ2n) is 7.35. The molecule has 1 aliphatic carbocycles. The molecule has 2 amide bonds. The van der Waals surface area contributed by atoms with Crippen molar-refractivity contribution >= 4 is 11.8 Å². The summed E-state index contributed by atoms with van der Waals surface area (Å²) in [5, 5.41) is 5.89. The van der Waals surface area contributed by atoms with E-state index in [9.17, 15) is 9.59 Å². The fraction of sp³-hybridized carbons (Fsp3) is 0.524. The Morgan fingerprint density at radius 3 is 2.81 bits per heavy atom. The number of hydrogen-bond acceptors (Lipinski definition) is 3. The molecule has 5 nitrogen and oxygen atoms in total. The molecular formula is C21H29N3O2. The molecule has 1 aliphatic heterocycles. The molecule has 0 bridgehead atoms. The molecule has 2 N–H and O–H groups in total. The first-order valence-corrected chi connectivity index (χ1v) is 9.64. The highest BCUT2D eigenvalue weighted by Gasteiger charge is 2.31. The van der Waals surface area contributed by atoms with Gasteiger partial charge in [-0.1, -0.05) is 41.5 Å². The maximum Gasteiger partial charge on any atom is 0.237 e. The van der Waals surface area contributed by atoms with Gasteiger partial charge < -0.3 is 10.6 Å². The summed E-state index contributed by atoms with van der Waals surface area (Å²) in [4.78, 5) is 26.9. The molecule has 1 aromatic carbocycles. The number of amides is 2. The molecule has 5 heteroatoms. The van der Waals surface area contributed by atoms with Crippen LogP contribution in [0.15, 0.2) is 35.9 Å². The zero-order valence-corrected chi connectivity index (χ0v) is 15.6. The number of benzene rings is 1. The third-order valence-electron chi connectivity index (χ3n) is 5.22. The molecule has 1 fully saturated rings. The highest BCUT2D eigenvalue weighted by Crippen LogP contribution is 2.17. The van der Waals surface area contributed by atoms with E-state index in [1.165, 1.54) is 29.5 Å². The maximum absolute atomic E-state index is 12.4. The molecule has 140 valence electrons. The summed E-state index contributed by atoms with van der Waals surface area (Å²) >= 11 is 0. The zero-order valence-electron chi connectivity index (χ0n) is 15.6. The molecule has 3 rings (SSSR count). The molecule has 0 unspecified atom stereocenters. The van der Waals surface area contributed by atoms with E-state index in [4.69, 9.17) is 0 Å². The van der Waals surface area contributed by atoms with Crippen LogP contribution in [0.1, 0.15) is 43.2 Å². The van der Waals surface area contributed by atoms with Gasteiger partial charge in [-0.25, -0.2) is 0 Å². The molecular weight excluding hydrogens is 326 g/mol. The van der Waals surface area contributed by atoms with E-state index in [0.717, 1.165) is 19.4 Å². The molecule has 2 aliphatic rings. The number of aryl methyl sites for hydroxylation is 1. The van der Waals surface area contributed by atoms with Crippen LogP contribution in [0.4, 0.5) is 0 Å². The minimum atomic E-state index is -0.398. The van der Waals surface area contributed by atoms with E-state index in [1.54, 1.807) is 0 Å². The smallest absolute Gasteiger partial charge is 0.237 e. The van der Waals surface area contributed by atoms with Crippen molar-refractivity contribution in [2.24, 2.45) is 0 Å². The average molecular weight is 355 g/mol. The van der Waals surface area contributed by atoms with Gasteiger partial charge in [0.2, 0.25) is 11.8 Å². The Labute approximate surface area is 155 Å². The SMILES string of the molecule is Cc1ccc(CN2CCNC(=O)[C@@H]2CC(=O)NCC2=CCCCC2)cc1. The Balaban J connectivity index is 1.57. The second-order valence-corrected chi connectivity index (χ2v) is 7.35. The largest absolute Gasteiger partial charge is 0.353 e. The van der Waals surface area contributed by atoms with Crippen LogP contribution < -0.4 is 10.6 Å². The van der Waals surface area contributed by atoms with Crippen LogP contribution in [0.25, 0.3) is 0 Å². The van der Waals surface area contributed by atoms with Crippen molar-refractivity contribution in [2.45, 2.75) is 51.6 Å². The topological polar surface area (TPSA) is 61.4 Å². The summed E-state index contributed by atoms with van der Waals surface area (Å²) in [7, 11) is 0. The molecule has 1 atom stereocenters. The highest BCUT2D eigenvalue weighted by atomic mass is 16.2. The number of carbonyl (C=O) groups is 2. The highest BCUT2D eigenvalue weighted by molar-refractivity contribution is 5.88. The van der Waals surface area contributed by atoms with Gasteiger partial charge in [0.05, 0.1) is 12.5 Å². The van der Waals surface area contributed by atoms with E-state index in [2.05, 4.69) is 52.8 Å². The van der Waals surface area contributed by atoms with Gasteiger partial charge in [-0.2, -0.15) is 0 Å². The first kappa shape index (κ1) is 18.6. The fourth-order valence-electron chi connectivity index (χ4n) is 3.63. The third-order valence-corrected chi connectivity index (χ3v) is 5.22. The number of allylic oxidation sites excluding steroid dienone is 1. The van der Waals surface area contributed by atoms with Crippen LogP contribution in [0.3, 0.4) is 0 Å². The molecule has 26 heavy (non-hydrogen) atoms. The monoisotopic (exact) mass is 355 g/mol. The van der Waals surface area contributed by atoms with Gasteiger partial charge in [0.1, 0.15) is 0 Å². The van der Waals surface area contributed by atoms with Crippen LogP contribution in [0.2, 0.25) is 0 Å². The maximum atomic E-state index is 12.4. The first-order valence-electron chi connectivity index (χ1n) is 9.64. The molecule has 0 spiro atoms. The van der Waals surface area contributed by atoms with Crippen molar-refractivity contribution in [3.8, 4) is 0 Å². The van der Waals surface area contributed by atoms with E-state index >= 15 is 0 Å². The van der Waals surface area contributed by atoms with Gasteiger partial charge >= 0.3 is 0 Å². The second kappa shape index (κ2) is 8.99. The number of rotatable bonds is 6. The Morgan fingerprint density at radius 2 is 2.08 bits per heavy atom. The Bertz CT molecular complexity index is 666. The summed E-state index contributed by atoms with van der Waals surface area (Å²) in [5.41, 5.74) is 3.70. The Hall–Kier alpha value is -2.14. The van der Waals surface area contributed by atoms with E-state index in [0.29, 0.717) is 19.6 Å². The summed E-state index contributed by atoms with van der Waals surface area (Å²) in [5.74, 6) is -0.0946. The molecule has 1 saturated heterocycles. The quantitative estimate of drug-likeness (QED) is 0.770. The van der Waals surface area contributed by atoms with Crippen molar-refractivity contribution < 1.29 is 9.59 Å². The van der Waals surface area contributed by atoms with Crippen molar-refractivity contribution in [3.63, 3.8) is 0 Å². The first-order chi connectivity index (χ1) is 12.6. The Morgan fingerprint density at radius 1 is 1.27 bits per heavy atom. The molecule has 0 saturated carbocycles. The number of nitrogens with zero attached hydrogens (tertiary/aromatic N) is 1. The van der Waals surface area contributed by atoms with Crippen LogP contribution in [0, 0.1) is 6.92 Å². The number of piperazine rings is 1. The fourth-order valence-corrected chi connectivity index (χ4v) is 3.63. The predicted molar refractivity (Wildman–Crippen MR) is 103 cm³/mol. The van der Waals surface area contributed by atoms with E-state index in [-0.39, 0.29) is 18.2 Å². The lowest BCUT2D eigenvalue weighted by molar-refractivity contribution is -0.134. The van der Waals surface area contributed by atoms with Gasteiger partial charge in [0.15, 0.2) is 0 Å². The molecule has 1 aromatic rings. The van der Waals surface area contributed by atoms with Crippen molar-refractivity contribution in [1.29, 1.82) is 0 Å². The zero-order chi connectivity index (χ0) is 18.4. The summed E-state index contributed by atoms with van der Waals surface area (Å²) < 4.78 is 0. The van der Waals surface area contributed by atoms with Crippen molar-refractivity contribution in [2.75, 3.05) is 19.6 Å². The lowest BCUT2D eigenvalue weighted by Gasteiger charge is -2.34. The van der Waals surface area contributed by atoms with Crippen LogP contribution in [0.5, 0.6) is 0 Å². The minimum Gasteiger partial charge on any atom is -0.353 e. The predicted octanol–water partition coefficient (Wildman–Crippen LogP) is 2.30. The van der Waals surface area contributed by atoms with Gasteiger partial charge in [0.25, 0.3) is 0 Å². The summed E-state index contributed by atoms with van der Waals surface area (Å²) in [6, 6.07) is 7.95. The number of carbonyl (C=O) groups excluding carboxylic acids is 2. The van der Waals surface area contributed by atoms with Crippen LogP contribution in [-0.2, 0) is 16.1 Å². The van der Waals surface area contributed by atoms with Gasteiger partial charge in [-0.3, -0.25) is 14.5 Å². The number of hydrogen-bond donors (Lipinski definition) is 2. The third kappa shape index (κ3) is 5.18. The van der Waals surface area contributed by atoms with Gasteiger partial charge in [-0.15, -0.1) is 0 Å². The van der Waals surface area contributed by atoms with E-state index in [1.807, 2.05) is 0 Å². The summed E-state index contributed by atoms with van der Waals surface area (Å²) in [6.45, 7) is 4.77.